The van der Waals surface area contributed by atoms with Crippen LogP contribution in [0.5, 0.6) is 0 Å². The normalized spacial score (nSPS) is 21.2. The molecule has 16 heavy (non-hydrogen) atoms. The first-order chi connectivity index (χ1) is 7.83. The van der Waals surface area contributed by atoms with E-state index < -0.39 is 0 Å². The monoisotopic (exact) mass is 223 g/mol. The lowest BCUT2D eigenvalue weighted by molar-refractivity contribution is -0.127. The molecule has 0 aliphatic carbocycles. The van der Waals surface area contributed by atoms with Crippen molar-refractivity contribution in [1.82, 2.24) is 9.80 Å². The molecule has 90 valence electrons. The van der Waals surface area contributed by atoms with Gasteiger partial charge in [-0.1, -0.05) is 6.92 Å². The van der Waals surface area contributed by atoms with E-state index in [9.17, 15) is 4.79 Å². The fraction of sp³-hybridized carbons (Fsp3) is 0.833. The molecule has 0 aromatic heterocycles. The number of rotatable bonds is 2. The lowest BCUT2D eigenvalue weighted by Crippen LogP contribution is -2.46. The lowest BCUT2D eigenvalue weighted by Gasteiger charge is -2.32. The molecule has 1 amide bonds. The Kier molecular flexibility index (Phi) is 3.80. The zero-order valence-electron chi connectivity index (χ0n) is 10.1. The Balaban J connectivity index is 1.99. The summed E-state index contributed by atoms with van der Waals surface area (Å²) in [4.78, 5) is 20.6. The van der Waals surface area contributed by atoms with Crippen molar-refractivity contribution in [3.05, 3.63) is 0 Å². The number of likely N-dealkylation sites (tertiary alicyclic amines) is 1. The average molecular weight is 223 g/mol. The van der Waals surface area contributed by atoms with Gasteiger partial charge in [0.1, 0.15) is 0 Å². The molecule has 1 saturated heterocycles. The number of guanidine groups is 1. The number of piperidine rings is 1. The number of carbonyl (C=O) groups is 1. The molecule has 1 fully saturated rings. The Morgan fingerprint density at radius 2 is 2.00 bits per heavy atom. The minimum absolute atomic E-state index is 0.240. The van der Waals surface area contributed by atoms with Crippen LogP contribution in [-0.4, -0.2) is 47.8 Å². The minimum Gasteiger partial charge on any atom is -0.342 e. The van der Waals surface area contributed by atoms with Gasteiger partial charge in [0, 0.05) is 26.1 Å². The molecular weight excluding hydrogens is 202 g/mol. The Hall–Kier alpha value is -1.06. The van der Waals surface area contributed by atoms with Crippen LogP contribution in [0.15, 0.2) is 4.99 Å². The van der Waals surface area contributed by atoms with Gasteiger partial charge in [-0.3, -0.25) is 14.7 Å². The van der Waals surface area contributed by atoms with Gasteiger partial charge < -0.3 is 4.90 Å². The van der Waals surface area contributed by atoms with Crippen LogP contribution in [0.3, 0.4) is 0 Å². The second-order valence-electron chi connectivity index (χ2n) is 4.52. The molecule has 0 unspecified atom stereocenters. The van der Waals surface area contributed by atoms with Gasteiger partial charge in [0.15, 0.2) is 0 Å². The van der Waals surface area contributed by atoms with E-state index in [0.717, 1.165) is 38.6 Å². The fourth-order valence-corrected chi connectivity index (χ4v) is 2.39. The summed E-state index contributed by atoms with van der Waals surface area (Å²) in [6.45, 7) is 5.74. The van der Waals surface area contributed by atoms with Crippen LogP contribution < -0.4 is 0 Å². The number of carbonyl (C=O) groups excluding carboxylic acids is 1. The lowest BCUT2D eigenvalue weighted by atomic mass is 10.1. The first-order valence-corrected chi connectivity index (χ1v) is 6.42. The second-order valence-corrected chi connectivity index (χ2v) is 4.52. The summed E-state index contributed by atoms with van der Waals surface area (Å²) in [7, 11) is 0. The molecule has 0 atom stereocenters. The predicted octanol–water partition coefficient (Wildman–Crippen LogP) is 1.47. The maximum Gasteiger partial charge on any atom is 0.229 e. The summed E-state index contributed by atoms with van der Waals surface area (Å²) in [5.41, 5.74) is 0. The van der Waals surface area contributed by atoms with Crippen molar-refractivity contribution < 1.29 is 4.79 Å². The zero-order valence-corrected chi connectivity index (χ0v) is 10.1. The average Bonchev–Trinajstić information content (AvgIpc) is 2.79. The zero-order chi connectivity index (χ0) is 11.4. The maximum absolute atomic E-state index is 11.9. The van der Waals surface area contributed by atoms with Crippen molar-refractivity contribution >= 4 is 11.9 Å². The van der Waals surface area contributed by atoms with Gasteiger partial charge in [0.05, 0.1) is 6.54 Å². The van der Waals surface area contributed by atoms with Gasteiger partial charge in [0.2, 0.25) is 11.9 Å². The van der Waals surface area contributed by atoms with E-state index in [4.69, 9.17) is 0 Å². The van der Waals surface area contributed by atoms with Gasteiger partial charge in [-0.05, 0) is 25.7 Å². The quantitative estimate of drug-likeness (QED) is 0.710. The molecule has 0 N–H and O–H groups in total. The van der Waals surface area contributed by atoms with E-state index in [1.54, 1.807) is 0 Å². The third-order valence-electron chi connectivity index (χ3n) is 3.22. The van der Waals surface area contributed by atoms with E-state index in [0.29, 0.717) is 6.42 Å². The standard InChI is InChI=1S/C12H21N3O/c1-2-6-11(16)15-10-7-13-12(15)14-8-4-3-5-9-14/h2-10H2,1H3. The van der Waals surface area contributed by atoms with E-state index in [1.165, 1.54) is 19.3 Å². The van der Waals surface area contributed by atoms with Crippen LogP contribution in [0.2, 0.25) is 0 Å². The van der Waals surface area contributed by atoms with Gasteiger partial charge in [0.25, 0.3) is 0 Å². The largest absolute Gasteiger partial charge is 0.342 e. The molecule has 0 aromatic rings. The summed E-state index contributed by atoms with van der Waals surface area (Å²) < 4.78 is 0. The van der Waals surface area contributed by atoms with Crippen LogP contribution in [0, 0.1) is 0 Å². The van der Waals surface area contributed by atoms with Crippen molar-refractivity contribution in [2.75, 3.05) is 26.2 Å². The van der Waals surface area contributed by atoms with E-state index in [2.05, 4.69) is 9.89 Å². The number of amides is 1. The fourth-order valence-electron chi connectivity index (χ4n) is 2.39. The highest BCUT2D eigenvalue weighted by molar-refractivity contribution is 5.98. The van der Waals surface area contributed by atoms with E-state index in [-0.39, 0.29) is 5.91 Å². The molecule has 2 aliphatic heterocycles. The first kappa shape index (κ1) is 11.4. The molecule has 0 saturated carbocycles. The molecule has 4 heteroatoms. The summed E-state index contributed by atoms with van der Waals surface area (Å²) >= 11 is 0. The number of aliphatic imine (C=N–C) groups is 1. The van der Waals surface area contributed by atoms with Crippen molar-refractivity contribution in [3.8, 4) is 0 Å². The summed E-state index contributed by atoms with van der Waals surface area (Å²) in [5.74, 6) is 1.18. The van der Waals surface area contributed by atoms with Gasteiger partial charge >= 0.3 is 0 Å². The van der Waals surface area contributed by atoms with Crippen LogP contribution in [-0.2, 0) is 4.79 Å². The highest BCUT2D eigenvalue weighted by atomic mass is 16.2. The van der Waals surface area contributed by atoms with Gasteiger partial charge in [-0.15, -0.1) is 0 Å². The molecule has 0 radical (unpaired) electrons. The van der Waals surface area contributed by atoms with Crippen molar-refractivity contribution in [2.24, 2.45) is 4.99 Å². The van der Waals surface area contributed by atoms with Crippen LogP contribution in [0.4, 0.5) is 0 Å². The second kappa shape index (κ2) is 5.32. The van der Waals surface area contributed by atoms with E-state index in [1.807, 2.05) is 11.8 Å². The van der Waals surface area contributed by atoms with Crippen LogP contribution in [0.25, 0.3) is 0 Å². The summed E-state index contributed by atoms with van der Waals surface area (Å²) in [5, 5.41) is 0. The topological polar surface area (TPSA) is 35.9 Å². The maximum atomic E-state index is 11.9. The van der Waals surface area contributed by atoms with Crippen LogP contribution in [0.1, 0.15) is 39.0 Å². The van der Waals surface area contributed by atoms with Crippen molar-refractivity contribution in [3.63, 3.8) is 0 Å². The summed E-state index contributed by atoms with van der Waals surface area (Å²) in [6.07, 6.45) is 5.34. The molecule has 0 aromatic carbocycles. The molecule has 4 nitrogen and oxygen atoms in total. The smallest absolute Gasteiger partial charge is 0.229 e. The van der Waals surface area contributed by atoms with Crippen molar-refractivity contribution in [1.29, 1.82) is 0 Å². The summed E-state index contributed by atoms with van der Waals surface area (Å²) in [6, 6.07) is 0. The predicted molar refractivity (Wildman–Crippen MR) is 64.3 cm³/mol. The first-order valence-electron chi connectivity index (χ1n) is 6.42. The third kappa shape index (κ3) is 2.36. The van der Waals surface area contributed by atoms with Crippen LogP contribution >= 0.6 is 0 Å². The van der Waals surface area contributed by atoms with E-state index >= 15 is 0 Å². The van der Waals surface area contributed by atoms with Gasteiger partial charge in [-0.2, -0.15) is 0 Å². The Labute approximate surface area is 97.3 Å². The Morgan fingerprint density at radius 1 is 1.25 bits per heavy atom. The minimum atomic E-state index is 0.240. The Morgan fingerprint density at radius 3 is 2.69 bits per heavy atom. The Bertz CT molecular complexity index is 282. The number of hydrogen-bond donors (Lipinski definition) is 0. The molecular formula is C12H21N3O. The van der Waals surface area contributed by atoms with Gasteiger partial charge in [-0.25, -0.2) is 0 Å². The molecule has 2 aliphatic rings. The molecule has 2 heterocycles. The highest BCUT2D eigenvalue weighted by Crippen LogP contribution is 2.15. The highest BCUT2D eigenvalue weighted by Gasteiger charge is 2.27. The SMILES string of the molecule is CCCC(=O)N1CCN=C1N1CCCCC1. The number of nitrogens with zero attached hydrogens (tertiary/aromatic N) is 3. The third-order valence-corrected chi connectivity index (χ3v) is 3.22. The van der Waals surface area contributed by atoms with Crippen molar-refractivity contribution in [2.45, 2.75) is 39.0 Å². The molecule has 0 bridgehead atoms. The number of hydrogen-bond acceptors (Lipinski definition) is 3. The molecule has 0 spiro atoms. The molecule has 2 rings (SSSR count).